The molecular weight excluding hydrogens is 260 g/mol. The number of pyridine rings is 1. The summed E-state index contributed by atoms with van der Waals surface area (Å²) in [6.07, 6.45) is 1.81. The average molecular weight is 276 g/mol. The van der Waals surface area contributed by atoms with Crippen molar-refractivity contribution in [2.75, 3.05) is 0 Å². The molecule has 0 aliphatic carbocycles. The first-order chi connectivity index (χ1) is 10.2. The van der Waals surface area contributed by atoms with Crippen molar-refractivity contribution in [3.05, 3.63) is 77.5 Å². The molecule has 104 valence electrons. The third-order valence-electron chi connectivity index (χ3n) is 3.49. The number of nitrogens with zero attached hydrogens (tertiary/aromatic N) is 1. The standard InChI is InChI=1S/C18H16N2O/c1-13-6-2-4-8-16(13)18(21)20-12-14-10-15-7-3-5-9-17(15)19-11-14/h2-11H,12H2,1H3,(H,20,21). The van der Waals surface area contributed by atoms with E-state index in [0.717, 1.165) is 22.0 Å². The highest BCUT2D eigenvalue weighted by Crippen LogP contribution is 2.13. The van der Waals surface area contributed by atoms with Crippen LogP contribution < -0.4 is 5.32 Å². The molecule has 0 fully saturated rings. The van der Waals surface area contributed by atoms with Gasteiger partial charge in [0, 0.05) is 23.7 Å². The van der Waals surface area contributed by atoms with Gasteiger partial charge in [-0.2, -0.15) is 0 Å². The number of aromatic nitrogens is 1. The van der Waals surface area contributed by atoms with Crippen molar-refractivity contribution in [2.45, 2.75) is 13.5 Å². The highest BCUT2D eigenvalue weighted by molar-refractivity contribution is 5.95. The summed E-state index contributed by atoms with van der Waals surface area (Å²) in [6, 6.07) is 17.6. The Morgan fingerprint density at radius 3 is 2.71 bits per heavy atom. The van der Waals surface area contributed by atoms with Gasteiger partial charge in [-0.15, -0.1) is 0 Å². The van der Waals surface area contributed by atoms with Crippen LogP contribution in [0, 0.1) is 6.92 Å². The average Bonchev–Trinajstić information content (AvgIpc) is 2.53. The summed E-state index contributed by atoms with van der Waals surface area (Å²) in [7, 11) is 0. The van der Waals surface area contributed by atoms with Gasteiger partial charge in [0.25, 0.3) is 5.91 Å². The van der Waals surface area contributed by atoms with Crippen molar-refractivity contribution in [3.63, 3.8) is 0 Å². The summed E-state index contributed by atoms with van der Waals surface area (Å²) < 4.78 is 0. The molecule has 0 unspecified atom stereocenters. The van der Waals surface area contributed by atoms with Crippen LogP contribution in [0.3, 0.4) is 0 Å². The molecule has 0 atom stereocenters. The second-order valence-electron chi connectivity index (χ2n) is 5.03. The molecule has 1 aromatic heterocycles. The maximum absolute atomic E-state index is 12.2. The molecule has 1 heterocycles. The first-order valence-electron chi connectivity index (χ1n) is 6.91. The summed E-state index contributed by atoms with van der Waals surface area (Å²) in [6.45, 7) is 2.41. The van der Waals surface area contributed by atoms with Crippen LogP contribution in [0.15, 0.2) is 60.8 Å². The normalized spacial score (nSPS) is 10.5. The van der Waals surface area contributed by atoms with E-state index in [1.807, 2.05) is 55.5 Å². The second-order valence-corrected chi connectivity index (χ2v) is 5.03. The summed E-state index contributed by atoms with van der Waals surface area (Å²) in [5, 5.41) is 4.03. The number of amides is 1. The molecule has 3 nitrogen and oxygen atoms in total. The summed E-state index contributed by atoms with van der Waals surface area (Å²) in [5.41, 5.74) is 3.65. The topological polar surface area (TPSA) is 42.0 Å². The molecule has 0 radical (unpaired) electrons. The third kappa shape index (κ3) is 2.92. The number of hydrogen-bond acceptors (Lipinski definition) is 2. The molecule has 0 aliphatic heterocycles. The van der Waals surface area contributed by atoms with Gasteiger partial charge in [0.05, 0.1) is 5.52 Å². The fourth-order valence-corrected chi connectivity index (χ4v) is 2.32. The quantitative estimate of drug-likeness (QED) is 0.796. The minimum absolute atomic E-state index is 0.0544. The lowest BCUT2D eigenvalue weighted by Gasteiger charge is -2.08. The molecular formula is C18H16N2O. The number of hydrogen-bond donors (Lipinski definition) is 1. The predicted octanol–water partition coefficient (Wildman–Crippen LogP) is 3.47. The Morgan fingerprint density at radius 1 is 1.10 bits per heavy atom. The smallest absolute Gasteiger partial charge is 0.251 e. The van der Waals surface area contributed by atoms with Gasteiger partial charge >= 0.3 is 0 Å². The number of rotatable bonds is 3. The Balaban J connectivity index is 1.74. The van der Waals surface area contributed by atoms with Crippen molar-refractivity contribution in [1.29, 1.82) is 0 Å². The van der Waals surface area contributed by atoms with E-state index in [1.54, 1.807) is 6.20 Å². The van der Waals surface area contributed by atoms with Gasteiger partial charge in [0.1, 0.15) is 0 Å². The first kappa shape index (κ1) is 13.3. The van der Waals surface area contributed by atoms with Gasteiger partial charge in [-0.05, 0) is 36.2 Å². The fraction of sp³-hybridized carbons (Fsp3) is 0.111. The van der Waals surface area contributed by atoms with E-state index in [2.05, 4.69) is 16.4 Å². The molecule has 0 spiro atoms. The zero-order valence-corrected chi connectivity index (χ0v) is 11.8. The first-order valence-corrected chi connectivity index (χ1v) is 6.91. The number of nitrogens with one attached hydrogen (secondary N) is 1. The zero-order valence-electron chi connectivity index (χ0n) is 11.8. The van der Waals surface area contributed by atoms with Crippen LogP contribution in [0.5, 0.6) is 0 Å². The Hall–Kier alpha value is -2.68. The Bertz CT molecular complexity index is 796. The van der Waals surface area contributed by atoms with Gasteiger partial charge in [-0.1, -0.05) is 36.4 Å². The van der Waals surface area contributed by atoms with Gasteiger partial charge < -0.3 is 5.32 Å². The molecule has 3 rings (SSSR count). The monoisotopic (exact) mass is 276 g/mol. The maximum atomic E-state index is 12.2. The highest BCUT2D eigenvalue weighted by Gasteiger charge is 2.07. The predicted molar refractivity (Wildman–Crippen MR) is 84.1 cm³/mol. The molecule has 0 aliphatic rings. The highest BCUT2D eigenvalue weighted by atomic mass is 16.1. The van der Waals surface area contributed by atoms with E-state index < -0.39 is 0 Å². The minimum Gasteiger partial charge on any atom is -0.348 e. The van der Waals surface area contributed by atoms with Gasteiger partial charge in [0.15, 0.2) is 0 Å². The van der Waals surface area contributed by atoms with Crippen molar-refractivity contribution >= 4 is 16.8 Å². The molecule has 3 heteroatoms. The van der Waals surface area contributed by atoms with Gasteiger partial charge in [-0.3, -0.25) is 9.78 Å². The molecule has 0 saturated carbocycles. The van der Waals surface area contributed by atoms with Crippen molar-refractivity contribution < 1.29 is 4.79 Å². The van der Waals surface area contributed by atoms with E-state index in [1.165, 1.54) is 0 Å². The fourth-order valence-electron chi connectivity index (χ4n) is 2.32. The molecule has 1 N–H and O–H groups in total. The number of carbonyl (C=O) groups excluding carboxylic acids is 1. The van der Waals surface area contributed by atoms with Crippen LogP contribution in [-0.2, 0) is 6.54 Å². The molecule has 3 aromatic rings. The Kier molecular flexibility index (Phi) is 3.65. The summed E-state index contributed by atoms with van der Waals surface area (Å²) >= 11 is 0. The zero-order chi connectivity index (χ0) is 14.7. The van der Waals surface area contributed by atoms with Crippen LogP contribution in [-0.4, -0.2) is 10.9 Å². The summed E-state index contributed by atoms with van der Waals surface area (Å²) in [5.74, 6) is -0.0544. The van der Waals surface area contributed by atoms with Crippen LogP contribution >= 0.6 is 0 Å². The van der Waals surface area contributed by atoms with Gasteiger partial charge in [0.2, 0.25) is 0 Å². The number of para-hydroxylation sites is 1. The maximum Gasteiger partial charge on any atom is 0.251 e. The van der Waals surface area contributed by atoms with Gasteiger partial charge in [-0.25, -0.2) is 0 Å². The lowest BCUT2D eigenvalue weighted by atomic mass is 10.1. The lowest BCUT2D eigenvalue weighted by molar-refractivity contribution is 0.0950. The molecule has 21 heavy (non-hydrogen) atoms. The van der Waals surface area contributed by atoms with Crippen molar-refractivity contribution in [3.8, 4) is 0 Å². The molecule has 1 amide bonds. The Labute approximate surface area is 123 Å². The molecule has 2 aromatic carbocycles. The van der Waals surface area contributed by atoms with Crippen LogP contribution in [0.4, 0.5) is 0 Å². The second kappa shape index (κ2) is 5.75. The minimum atomic E-state index is -0.0544. The largest absolute Gasteiger partial charge is 0.348 e. The van der Waals surface area contributed by atoms with Crippen molar-refractivity contribution in [1.82, 2.24) is 10.3 Å². The van der Waals surface area contributed by atoms with E-state index in [9.17, 15) is 4.79 Å². The van der Waals surface area contributed by atoms with E-state index >= 15 is 0 Å². The van der Waals surface area contributed by atoms with E-state index in [0.29, 0.717) is 12.1 Å². The van der Waals surface area contributed by atoms with Crippen LogP contribution in [0.2, 0.25) is 0 Å². The number of aryl methyl sites for hydroxylation is 1. The van der Waals surface area contributed by atoms with Crippen molar-refractivity contribution in [2.24, 2.45) is 0 Å². The van der Waals surface area contributed by atoms with Crippen LogP contribution in [0.1, 0.15) is 21.5 Å². The summed E-state index contributed by atoms with van der Waals surface area (Å²) in [4.78, 5) is 16.6. The van der Waals surface area contributed by atoms with Crippen LogP contribution in [0.25, 0.3) is 10.9 Å². The van der Waals surface area contributed by atoms with E-state index in [-0.39, 0.29) is 5.91 Å². The number of benzene rings is 2. The lowest BCUT2D eigenvalue weighted by Crippen LogP contribution is -2.23. The Morgan fingerprint density at radius 2 is 1.86 bits per heavy atom. The molecule has 0 saturated heterocycles. The molecule has 0 bridgehead atoms. The number of fused-ring (bicyclic) bond motifs is 1. The third-order valence-corrected chi connectivity index (χ3v) is 3.49. The number of carbonyl (C=O) groups is 1. The SMILES string of the molecule is Cc1ccccc1C(=O)NCc1cnc2ccccc2c1. The van der Waals surface area contributed by atoms with E-state index in [4.69, 9.17) is 0 Å².